The molecule has 0 bridgehead atoms. The number of carbonyl (C=O) groups excluding carboxylic acids is 2. The SMILES string of the molecule is Cc1onc(-c2c(F)cccc2Cl)c1C(=O)OCC(=O)Nc1cccc(F)c1. The molecule has 0 saturated carbocycles. The first-order chi connectivity index (χ1) is 13.4. The van der Waals surface area contributed by atoms with Crippen LogP contribution in [0.4, 0.5) is 14.5 Å². The van der Waals surface area contributed by atoms with Crippen LogP contribution in [-0.2, 0) is 9.53 Å². The van der Waals surface area contributed by atoms with Crippen LogP contribution in [0.25, 0.3) is 11.3 Å². The van der Waals surface area contributed by atoms with E-state index in [1.165, 1.54) is 37.3 Å². The maximum atomic E-state index is 14.2. The number of aryl methyl sites for hydroxylation is 1. The minimum atomic E-state index is -0.942. The van der Waals surface area contributed by atoms with Crippen molar-refractivity contribution in [3.8, 4) is 11.3 Å². The second kappa shape index (κ2) is 8.18. The zero-order valence-corrected chi connectivity index (χ0v) is 15.2. The highest BCUT2D eigenvalue weighted by Gasteiger charge is 2.27. The number of amides is 1. The van der Waals surface area contributed by atoms with Crippen LogP contribution < -0.4 is 5.32 Å². The van der Waals surface area contributed by atoms with Crippen molar-refractivity contribution >= 4 is 29.2 Å². The molecule has 1 aromatic heterocycles. The zero-order valence-electron chi connectivity index (χ0n) is 14.5. The largest absolute Gasteiger partial charge is 0.452 e. The number of rotatable bonds is 5. The van der Waals surface area contributed by atoms with Crippen LogP contribution in [0.2, 0.25) is 5.02 Å². The third-order valence-corrected chi connectivity index (χ3v) is 4.02. The molecule has 3 aromatic rings. The summed E-state index contributed by atoms with van der Waals surface area (Å²) in [6.45, 7) is 0.791. The van der Waals surface area contributed by atoms with Gasteiger partial charge in [0.2, 0.25) is 0 Å². The standard InChI is InChI=1S/C19H13ClF2N2O4/c1-10-16(18(24-28-10)17-13(20)6-3-7-14(17)22)19(26)27-9-15(25)23-12-5-2-4-11(21)8-12/h2-8H,9H2,1H3,(H,23,25). The number of halogens is 3. The van der Waals surface area contributed by atoms with Gasteiger partial charge < -0.3 is 14.6 Å². The van der Waals surface area contributed by atoms with E-state index in [1.54, 1.807) is 0 Å². The molecule has 6 nitrogen and oxygen atoms in total. The van der Waals surface area contributed by atoms with Crippen LogP contribution in [0.15, 0.2) is 47.0 Å². The Kier molecular flexibility index (Phi) is 5.70. The lowest BCUT2D eigenvalue weighted by Gasteiger charge is -2.08. The maximum absolute atomic E-state index is 14.2. The lowest BCUT2D eigenvalue weighted by molar-refractivity contribution is -0.119. The van der Waals surface area contributed by atoms with Gasteiger partial charge in [-0.15, -0.1) is 0 Å². The first kappa shape index (κ1) is 19.5. The number of anilines is 1. The van der Waals surface area contributed by atoms with Gasteiger partial charge in [-0.1, -0.05) is 28.9 Å². The van der Waals surface area contributed by atoms with E-state index in [0.717, 1.165) is 12.1 Å². The van der Waals surface area contributed by atoms with Gasteiger partial charge in [0.05, 0.1) is 10.6 Å². The van der Waals surface area contributed by atoms with E-state index in [2.05, 4.69) is 10.5 Å². The Balaban J connectivity index is 1.75. The molecule has 0 fully saturated rings. The minimum Gasteiger partial charge on any atom is -0.452 e. The molecule has 0 saturated heterocycles. The van der Waals surface area contributed by atoms with Gasteiger partial charge >= 0.3 is 5.97 Å². The highest BCUT2D eigenvalue weighted by atomic mass is 35.5. The number of hydrogen-bond donors (Lipinski definition) is 1. The second-order valence-corrected chi connectivity index (χ2v) is 6.10. The van der Waals surface area contributed by atoms with E-state index in [-0.39, 0.29) is 33.3 Å². The first-order valence-electron chi connectivity index (χ1n) is 8.00. The van der Waals surface area contributed by atoms with E-state index >= 15 is 0 Å². The van der Waals surface area contributed by atoms with Crippen molar-refractivity contribution < 1.29 is 27.6 Å². The summed E-state index contributed by atoms with van der Waals surface area (Å²) in [6, 6.07) is 9.23. The van der Waals surface area contributed by atoms with Crippen molar-refractivity contribution in [3.63, 3.8) is 0 Å². The van der Waals surface area contributed by atoms with Crippen molar-refractivity contribution in [3.05, 3.63) is 70.4 Å². The molecular weight excluding hydrogens is 394 g/mol. The van der Waals surface area contributed by atoms with E-state index in [1.807, 2.05) is 0 Å². The molecule has 1 amide bonds. The smallest absolute Gasteiger partial charge is 0.344 e. The second-order valence-electron chi connectivity index (χ2n) is 5.69. The van der Waals surface area contributed by atoms with Gasteiger partial charge in [0, 0.05) is 5.69 Å². The summed E-state index contributed by atoms with van der Waals surface area (Å²) in [7, 11) is 0. The van der Waals surface area contributed by atoms with Crippen LogP contribution in [0, 0.1) is 18.6 Å². The van der Waals surface area contributed by atoms with Crippen molar-refractivity contribution in [2.24, 2.45) is 0 Å². The van der Waals surface area contributed by atoms with Gasteiger partial charge in [0.1, 0.15) is 28.7 Å². The number of nitrogens with zero attached hydrogens (tertiary/aromatic N) is 1. The molecule has 0 aliphatic carbocycles. The summed E-state index contributed by atoms with van der Waals surface area (Å²) in [5.41, 5.74) is -0.181. The number of carbonyl (C=O) groups is 2. The fourth-order valence-electron chi connectivity index (χ4n) is 2.47. The van der Waals surface area contributed by atoms with Crippen LogP contribution >= 0.6 is 11.6 Å². The van der Waals surface area contributed by atoms with Gasteiger partial charge in [0.15, 0.2) is 6.61 Å². The molecule has 0 aliphatic rings. The Bertz CT molecular complexity index is 1030. The first-order valence-corrected chi connectivity index (χ1v) is 8.38. The summed E-state index contributed by atoms with van der Waals surface area (Å²) < 4.78 is 37.2. The van der Waals surface area contributed by atoms with Crippen LogP contribution in [0.3, 0.4) is 0 Å². The van der Waals surface area contributed by atoms with Gasteiger partial charge in [-0.3, -0.25) is 4.79 Å². The van der Waals surface area contributed by atoms with E-state index in [4.69, 9.17) is 20.9 Å². The lowest BCUT2D eigenvalue weighted by atomic mass is 10.1. The summed E-state index contributed by atoms with van der Waals surface area (Å²) in [5.74, 6) is -2.77. The molecule has 3 rings (SSSR count). The topological polar surface area (TPSA) is 81.4 Å². The molecule has 0 radical (unpaired) electrons. The molecule has 0 aliphatic heterocycles. The molecule has 0 unspecified atom stereocenters. The Morgan fingerprint density at radius 2 is 1.96 bits per heavy atom. The predicted octanol–water partition coefficient (Wildman–Crippen LogP) is 4.38. The average molecular weight is 407 g/mol. The molecule has 0 atom stereocenters. The molecule has 28 heavy (non-hydrogen) atoms. The Hall–Kier alpha value is -3.26. The molecule has 0 spiro atoms. The van der Waals surface area contributed by atoms with Crippen LogP contribution in [0.5, 0.6) is 0 Å². The third-order valence-electron chi connectivity index (χ3n) is 3.71. The van der Waals surface area contributed by atoms with Gasteiger partial charge in [-0.25, -0.2) is 13.6 Å². The Morgan fingerprint density at radius 1 is 1.21 bits per heavy atom. The molecule has 1 heterocycles. The lowest BCUT2D eigenvalue weighted by Crippen LogP contribution is -2.21. The number of hydrogen-bond acceptors (Lipinski definition) is 5. The number of benzene rings is 2. The molecule has 144 valence electrons. The molecule has 2 aromatic carbocycles. The van der Waals surface area contributed by atoms with Crippen LogP contribution in [0.1, 0.15) is 16.1 Å². The summed E-state index contributed by atoms with van der Waals surface area (Å²) >= 11 is 6.01. The van der Waals surface area contributed by atoms with Crippen LogP contribution in [-0.4, -0.2) is 23.6 Å². The fourth-order valence-corrected chi connectivity index (χ4v) is 2.73. The summed E-state index contributed by atoms with van der Waals surface area (Å²) in [6.07, 6.45) is 0. The fraction of sp³-hybridized carbons (Fsp3) is 0.105. The Morgan fingerprint density at radius 3 is 2.68 bits per heavy atom. The number of nitrogens with one attached hydrogen (secondary N) is 1. The molecular formula is C19H13ClF2N2O4. The van der Waals surface area contributed by atoms with Gasteiger partial charge in [-0.2, -0.15) is 0 Å². The zero-order chi connectivity index (χ0) is 20.3. The summed E-state index contributed by atoms with van der Waals surface area (Å²) in [4.78, 5) is 24.3. The Labute approximate surface area is 163 Å². The average Bonchev–Trinajstić information content (AvgIpc) is 3.01. The quantitative estimate of drug-likeness (QED) is 0.636. The highest BCUT2D eigenvalue weighted by Crippen LogP contribution is 2.33. The van der Waals surface area contributed by atoms with Crippen molar-refractivity contribution in [2.75, 3.05) is 11.9 Å². The predicted molar refractivity (Wildman–Crippen MR) is 97.0 cm³/mol. The number of ether oxygens (including phenoxy) is 1. The van der Waals surface area contributed by atoms with Crippen molar-refractivity contribution in [1.29, 1.82) is 0 Å². The molecule has 1 N–H and O–H groups in total. The monoisotopic (exact) mass is 406 g/mol. The maximum Gasteiger partial charge on any atom is 0.344 e. The van der Waals surface area contributed by atoms with Crippen molar-refractivity contribution in [1.82, 2.24) is 5.16 Å². The van der Waals surface area contributed by atoms with Crippen molar-refractivity contribution in [2.45, 2.75) is 6.92 Å². The van der Waals surface area contributed by atoms with E-state index in [0.29, 0.717) is 0 Å². The minimum absolute atomic E-state index is 0.0335. The van der Waals surface area contributed by atoms with Gasteiger partial charge in [0.25, 0.3) is 5.91 Å². The normalized spacial score (nSPS) is 10.6. The number of esters is 1. The third kappa shape index (κ3) is 4.17. The summed E-state index contributed by atoms with van der Waals surface area (Å²) in [5, 5.41) is 6.11. The van der Waals surface area contributed by atoms with E-state index < -0.39 is 30.1 Å². The molecule has 9 heteroatoms. The number of aromatic nitrogens is 1. The van der Waals surface area contributed by atoms with Gasteiger partial charge in [-0.05, 0) is 37.3 Å². The highest BCUT2D eigenvalue weighted by molar-refractivity contribution is 6.33. The van der Waals surface area contributed by atoms with E-state index in [9.17, 15) is 18.4 Å².